The van der Waals surface area contributed by atoms with E-state index in [0.717, 1.165) is 53.6 Å². The fraction of sp³-hybridized carbons (Fsp3) is 0.350. The van der Waals surface area contributed by atoms with Crippen molar-refractivity contribution in [1.82, 2.24) is 0 Å². The van der Waals surface area contributed by atoms with Crippen LogP contribution in [-0.2, 0) is 11.3 Å². The third kappa shape index (κ3) is 1.45. The zero-order valence-electron chi connectivity index (χ0n) is 12.9. The molecule has 1 heterocycles. The first-order chi connectivity index (χ1) is 11.2. The third-order valence-corrected chi connectivity index (χ3v) is 5.85. The maximum Gasteiger partial charge on any atom is 0.216 e. The summed E-state index contributed by atoms with van der Waals surface area (Å²) in [7, 11) is 0. The Morgan fingerprint density at radius 2 is 1.52 bits per heavy atom. The number of aliphatic imine (C=N–C) groups is 1. The molecule has 0 radical (unpaired) electrons. The Bertz CT molecular complexity index is 843. The van der Waals surface area contributed by atoms with Gasteiger partial charge in [-0.25, -0.2) is 0 Å². The lowest BCUT2D eigenvalue weighted by atomic mass is 9.63. The summed E-state index contributed by atoms with van der Waals surface area (Å²) in [6.45, 7) is 0. The molecule has 2 aliphatic carbocycles. The van der Waals surface area contributed by atoms with Crippen LogP contribution in [0.4, 0.5) is 0 Å². The molecular weight excluding hydrogens is 286 g/mol. The standard InChI is InChI=1S/C20H19NO2/c22-19-15-9-3-1-7-13(15)14-8-2-4-10-16(14)20(19,23)21-18-12-6-5-11-17(18)19/h1-4,7-10,17,22-23H,5-6,11-12H2. The third-order valence-electron chi connectivity index (χ3n) is 5.85. The summed E-state index contributed by atoms with van der Waals surface area (Å²) >= 11 is 0. The van der Waals surface area contributed by atoms with Gasteiger partial charge >= 0.3 is 0 Å². The highest BCUT2D eigenvalue weighted by atomic mass is 16.4. The minimum atomic E-state index is -1.57. The summed E-state index contributed by atoms with van der Waals surface area (Å²) in [5.41, 5.74) is 1.58. The van der Waals surface area contributed by atoms with Crippen LogP contribution >= 0.6 is 0 Å². The molecule has 3 heteroatoms. The Balaban J connectivity index is 1.89. The highest BCUT2D eigenvalue weighted by Gasteiger charge is 2.65. The predicted molar refractivity (Wildman–Crippen MR) is 89.1 cm³/mol. The molecule has 3 nitrogen and oxygen atoms in total. The fourth-order valence-corrected chi connectivity index (χ4v) is 4.83. The predicted octanol–water partition coefficient (Wildman–Crippen LogP) is 3.34. The van der Waals surface area contributed by atoms with E-state index in [4.69, 9.17) is 4.99 Å². The van der Waals surface area contributed by atoms with Gasteiger partial charge in [0.2, 0.25) is 5.72 Å². The van der Waals surface area contributed by atoms with Gasteiger partial charge in [-0.1, -0.05) is 55.0 Å². The van der Waals surface area contributed by atoms with E-state index in [2.05, 4.69) is 0 Å². The Hall–Kier alpha value is -1.97. The normalized spacial score (nSPS) is 34.0. The maximum absolute atomic E-state index is 11.8. The second-order valence-electron chi connectivity index (χ2n) is 6.93. The minimum absolute atomic E-state index is 0.0873. The summed E-state index contributed by atoms with van der Waals surface area (Å²) in [6, 6.07) is 15.7. The Kier molecular flexibility index (Phi) is 2.52. The average Bonchev–Trinajstić information content (AvgIpc) is 2.85. The van der Waals surface area contributed by atoms with Crippen LogP contribution in [0.1, 0.15) is 36.8 Å². The summed E-state index contributed by atoms with van der Waals surface area (Å²) in [6.07, 6.45) is 3.92. The SMILES string of the molecule is OC12N=C3CCCCC3C1(O)c1ccccc1-c1ccccc12. The van der Waals surface area contributed by atoms with Crippen molar-refractivity contribution in [1.29, 1.82) is 0 Å². The molecule has 0 saturated heterocycles. The molecule has 3 unspecified atom stereocenters. The largest absolute Gasteiger partial charge is 0.379 e. The summed E-state index contributed by atoms with van der Waals surface area (Å²) in [5, 5.41) is 23.4. The van der Waals surface area contributed by atoms with Gasteiger partial charge < -0.3 is 10.2 Å². The van der Waals surface area contributed by atoms with Crippen molar-refractivity contribution in [2.24, 2.45) is 10.9 Å². The summed E-state index contributed by atoms with van der Waals surface area (Å²) in [4.78, 5) is 4.70. The summed E-state index contributed by atoms with van der Waals surface area (Å²) in [5.74, 6) is -0.0873. The van der Waals surface area contributed by atoms with Crippen LogP contribution in [-0.4, -0.2) is 15.9 Å². The topological polar surface area (TPSA) is 52.8 Å². The smallest absolute Gasteiger partial charge is 0.216 e. The fourth-order valence-electron chi connectivity index (χ4n) is 4.83. The lowest BCUT2D eigenvalue weighted by molar-refractivity contribution is -0.169. The molecule has 3 aliphatic rings. The van der Waals surface area contributed by atoms with Crippen LogP contribution in [0.15, 0.2) is 53.5 Å². The van der Waals surface area contributed by atoms with Crippen LogP contribution in [0.2, 0.25) is 0 Å². The second-order valence-corrected chi connectivity index (χ2v) is 6.93. The van der Waals surface area contributed by atoms with Crippen molar-refractivity contribution in [3.63, 3.8) is 0 Å². The van der Waals surface area contributed by atoms with Gasteiger partial charge in [-0.05, 0) is 36.0 Å². The van der Waals surface area contributed by atoms with Crippen molar-refractivity contribution in [3.8, 4) is 11.1 Å². The van der Waals surface area contributed by atoms with Crippen LogP contribution in [0.5, 0.6) is 0 Å². The Morgan fingerprint density at radius 3 is 2.30 bits per heavy atom. The van der Waals surface area contributed by atoms with Gasteiger partial charge in [0, 0.05) is 17.2 Å². The Morgan fingerprint density at radius 1 is 0.870 bits per heavy atom. The molecule has 2 N–H and O–H groups in total. The molecule has 1 aliphatic heterocycles. The molecule has 2 aromatic carbocycles. The van der Waals surface area contributed by atoms with Gasteiger partial charge in [0.25, 0.3) is 0 Å². The summed E-state index contributed by atoms with van der Waals surface area (Å²) < 4.78 is 0. The van der Waals surface area contributed by atoms with Gasteiger partial charge in [-0.2, -0.15) is 0 Å². The number of benzene rings is 2. The molecule has 0 amide bonds. The molecule has 3 atom stereocenters. The van der Waals surface area contributed by atoms with E-state index in [0.29, 0.717) is 0 Å². The van der Waals surface area contributed by atoms with Crippen molar-refractivity contribution in [2.45, 2.75) is 37.0 Å². The molecule has 116 valence electrons. The second kappa shape index (κ2) is 4.31. The highest BCUT2D eigenvalue weighted by Crippen LogP contribution is 2.60. The van der Waals surface area contributed by atoms with E-state index in [1.54, 1.807) is 0 Å². The zero-order chi connectivity index (χ0) is 15.7. The van der Waals surface area contributed by atoms with Gasteiger partial charge in [0.1, 0.15) is 0 Å². The first-order valence-corrected chi connectivity index (χ1v) is 8.39. The quantitative estimate of drug-likeness (QED) is 0.784. The first-order valence-electron chi connectivity index (χ1n) is 8.39. The van der Waals surface area contributed by atoms with Gasteiger partial charge in [0.05, 0.1) is 0 Å². The van der Waals surface area contributed by atoms with Crippen molar-refractivity contribution in [2.75, 3.05) is 0 Å². The Labute approximate surface area is 135 Å². The number of nitrogens with zero attached hydrogens (tertiary/aromatic N) is 1. The van der Waals surface area contributed by atoms with E-state index < -0.39 is 11.3 Å². The molecule has 23 heavy (non-hydrogen) atoms. The van der Waals surface area contributed by atoms with Gasteiger partial charge in [-0.15, -0.1) is 0 Å². The number of rotatable bonds is 0. The monoisotopic (exact) mass is 305 g/mol. The lowest BCUT2D eigenvalue weighted by Gasteiger charge is -2.46. The molecule has 5 rings (SSSR count). The number of aliphatic hydroxyl groups is 2. The van der Waals surface area contributed by atoms with E-state index in [1.807, 2.05) is 48.5 Å². The van der Waals surface area contributed by atoms with E-state index in [-0.39, 0.29) is 5.92 Å². The molecule has 2 aromatic rings. The number of hydrogen-bond acceptors (Lipinski definition) is 3. The number of hydrogen-bond donors (Lipinski definition) is 2. The lowest BCUT2D eigenvalue weighted by Crippen LogP contribution is -2.52. The van der Waals surface area contributed by atoms with Gasteiger partial charge in [0.15, 0.2) is 5.60 Å². The minimum Gasteiger partial charge on any atom is -0.379 e. The molecular formula is C20H19NO2. The van der Waals surface area contributed by atoms with Crippen LogP contribution < -0.4 is 0 Å². The van der Waals surface area contributed by atoms with Crippen molar-refractivity contribution < 1.29 is 10.2 Å². The molecule has 0 bridgehead atoms. The van der Waals surface area contributed by atoms with E-state index in [9.17, 15) is 10.2 Å². The average molecular weight is 305 g/mol. The van der Waals surface area contributed by atoms with E-state index in [1.165, 1.54) is 0 Å². The maximum atomic E-state index is 11.8. The highest BCUT2D eigenvalue weighted by molar-refractivity contribution is 5.94. The molecule has 1 saturated carbocycles. The van der Waals surface area contributed by atoms with Crippen LogP contribution in [0.3, 0.4) is 0 Å². The van der Waals surface area contributed by atoms with E-state index >= 15 is 0 Å². The van der Waals surface area contributed by atoms with Crippen molar-refractivity contribution in [3.05, 3.63) is 59.7 Å². The molecule has 0 aromatic heterocycles. The van der Waals surface area contributed by atoms with Crippen LogP contribution in [0.25, 0.3) is 11.1 Å². The first kappa shape index (κ1) is 13.5. The zero-order valence-corrected chi connectivity index (χ0v) is 12.9. The van der Waals surface area contributed by atoms with Crippen molar-refractivity contribution >= 4 is 5.71 Å². The van der Waals surface area contributed by atoms with Gasteiger partial charge in [-0.3, -0.25) is 4.99 Å². The number of fused-ring (bicyclic) bond motifs is 8. The molecule has 0 spiro atoms. The molecule has 1 fully saturated rings. The van der Waals surface area contributed by atoms with Crippen LogP contribution in [0, 0.1) is 5.92 Å².